The molecule has 372 valence electrons. The van der Waals surface area contributed by atoms with Crippen LogP contribution in [0, 0.1) is 0 Å². The third-order valence-electron chi connectivity index (χ3n) is 15.8. The Labute approximate surface area is 469 Å². The first kappa shape index (κ1) is 47.8. The Morgan fingerprint density at radius 1 is 0.241 bits per heavy atom. The highest BCUT2D eigenvalue weighted by molar-refractivity contribution is 9.10. The van der Waals surface area contributed by atoms with Crippen molar-refractivity contribution in [1.29, 1.82) is 0 Å². The van der Waals surface area contributed by atoms with E-state index >= 15 is 0 Å². The third-order valence-corrected chi connectivity index (χ3v) is 16.3. The van der Waals surface area contributed by atoms with Crippen molar-refractivity contribution in [2.45, 2.75) is 6.42 Å². The molecule has 0 N–H and O–H groups in total. The van der Waals surface area contributed by atoms with E-state index in [1.165, 1.54) is 137 Å². The quantitative estimate of drug-likeness (QED) is 0.151. The Bertz CT molecular complexity index is 4550. The van der Waals surface area contributed by atoms with Crippen LogP contribution in [0.5, 0.6) is 0 Å². The van der Waals surface area contributed by atoms with Gasteiger partial charge in [0.1, 0.15) is 0 Å². The standard InChI is InChI=1S/C38H25N.C26H17Br.C13H10/c1-2-13-26(14-3-1)37-31-19-4-6-21-33(31)38(34-22-7-5-20-32(34)37)27-15-12-16-28(25-27)39-35-23-10-8-17-29(35)30-18-9-11-24-36(30)39;27-20-12-8-11-19(17-20)26-23-15-6-4-13-21(23)25(18-9-2-1-3-10-18)22-14-5-7-16-24(22)26;1-3-7-12-10(5-1)9-11-6-2-4-8-13(11)12/h1-25H;1-17H;1-8H,9H2. The monoisotopic (exact) mass is 1070 g/mol. The first-order valence-electron chi connectivity index (χ1n) is 27.1. The fourth-order valence-corrected chi connectivity index (χ4v) is 12.8. The number of hydrogen-bond donors (Lipinski definition) is 0. The molecule has 0 saturated carbocycles. The molecule has 0 radical (unpaired) electrons. The van der Waals surface area contributed by atoms with Gasteiger partial charge >= 0.3 is 0 Å². The maximum atomic E-state index is 3.64. The van der Waals surface area contributed by atoms with Crippen LogP contribution in [0.4, 0.5) is 0 Å². The minimum atomic E-state index is 1.10. The largest absolute Gasteiger partial charge is 0.309 e. The number of aromatic nitrogens is 1. The average Bonchev–Trinajstić information content (AvgIpc) is 4.14. The van der Waals surface area contributed by atoms with Crippen molar-refractivity contribution < 1.29 is 0 Å². The fraction of sp³-hybridized carbons (Fsp3) is 0.0130. The molecule has 0 atom stereocenters. The number of fused-ring (bicyclic) bond motifs is 10. The molecule has 14 aromatic carbocycles. The molecule has 0 bridgehead atoms. The van der Waals surface area contributed by atoms with E-state index in [0.717, 1.165) is 10.9 Å². The summed E-state index contributed by atoms with van der Waals surface area (Å²) >= 11 is 3.64. The van der Waals surface area contributed by atoms with E-state index in [4.69, 9.17) is 0 Å². The lowest BCUT2D eigenvalue weighted by Crippen LogP contribution is -1.95. The fourth-order valence-electron chi connectivity index (χ4n) is 12.4. The Kier molecular flexibility index (Phi) is 12.6. The van der Waals surface area contributed by atoms with Gasteiger partial charge in [0.25, 0.3) is 0 Å². The molecular formula is C77H52BrN. The molecule has 1 aromatic heterocycles. The zero-order valence-electron chi connectivity index (χ0n) is 43.4. The van der Waals surface area contributed by atoms with Gasteiger partial charge in [-0.05, 0) is 153 Å². The van der Waals surface area contributed by atoms with Crippen LogP contribution in [0.25, 0.3) is 126 Å². The molecule has 0 amide bonds. The van der Waals surface area contributed by atoms with E-state index < -0.39 is 0 Å². The van der Waals surface area contributed by atoms with Crippen molar-refractivity contribution in [2.75, 3.05) is 0 Å². The summed E-state index contributed by atoms with van der Waals surface area (Å²) in [6, 6.07) is 109. The van der Waals surface area contributed by atoms with Gasteiger partial charge in [-0.1, -0.05) is 283 Å². The van der Waals surface area contributed by atoms with E-state index in [2.05, 4.69) is 324 Å². The summed E-state index contributed by atoms with van der Waals surface area (Å²) in [4.78, 5) is 0. The minimum Gasteiger partial charge on any atom is -0.309 e. The average molecular weight is 1070 g/mol. The van der Waals surface area contributed by atoms with Gasteiger partial charge in [-0.3, -0.25) is 0 Å². The molecule has 2 heteroatoms. The number of rotatable bonds is 5. The molecule has 1 heterocycles. The summed E-state index contributed by atoms with van der Waals surface area (Å²) in [6.45, 7) is 0. The normalized spacial score (nSPS) is 11.6. The summed E-state index contributed by atoms with van der Waals surface area (Å²) in [6.07, 6.45) is 1.10. The molecule has 0 aliphatic heterocycles. The van der Waals surface area contributed by atoms with E-state index in [9.17, 15) is 0 Å². The van der Waals surface area contributed by atoms with Gasteiger partial charge in [-0.2, -0.15) is 0 Å². The highest BCUT2D eigenvalue weighted by Crippen LogP contribution is 2.46. The van der Waals surface area contributed by atoms with Crippen molar-refractivity contribution in [1.82, 2.24) is 4.57 Å². The Morgan fingerprint density at radius 3 is 0.949 bits per heavy atom. The molecule has 15 aromatic rings. The van der Waals surface area contributed by atoms with Gasteiger partial charge in [0.2, 0.25) is 0 Å². The summed E-state index contributed by atoms with van der Waals surface area (Å²) in [7, 11) is 0. The first-order valence-corrected chi connectivity index (χ1v) is 27.9. The Hall–Kier alpha value is -9.60. The Balaban J connectivity index is 0.000000121. The third kappa shape index (κ3) is 8.68. The van der Waals surface area contributed by atoms with Crippen LogP contribution in [0.3, 0.4) is 0 Å². The Morgan fingerprint density at radius 2 is 0.544 bits per heavy atom. The van der Waals surface area contributed by atoms with Crippen LogP contribution in [-0.2, 0) is 6.42 Å². The lowest BCUT2D eigenvalue weighted by atomic mass is 9.86. The lowest BCUT2D eigenvalue weighted by molar-refractivity contribution is 1.18. The number of para-hydroxylation sites is 2. The van der Waals surface area contributed by atoms with Gasteiger partial charge < -0.3 is 4.57 Å². The predicted molar refractivity (Wildman–Crippen MR) is 341 cm³/mol. The zero-order valence-corrected chi connectivity index (χ0v) is 45.0. The molecular weight excluding hydrogens is 1020 g/mol. The van der Waals surface area contributed by atoms with Crippen LogP contribution >= 0.6 is 15.9 Å². The maximum absolute atomic E-state index is 3.64. The molecule has 0 spiro atoms. The SMILES string of the molecule is Brc1cccc(-c2c3ccccc3c(-c3ccccc3)c3ccccc23)c1.c1ccc(-c2c3ccccc3c(-c3cccc(-n4c5ccccc5c5ccccc54)c3)c3ccccc23)cc1.c1ccc2c(c1)Cc1ccccc1-2. The van der Waals surface area contributed by atoms with Crippen molar-refractivity contribution in [2.24, 2.45) is 0 Å². The predicted octanol–water partition coefficient (Wildman–Crippen LogP) is 21.8. The molecule has 0 fully saturated rings. The number of benzene rings is 14. The zero-order chi connectivity index (χ0) is 52.7. The maximum Gasteiger partial charge on any atom is 0.0541 e. The molecule has 16 rings (SSSR count). The summed E-state index contributed by atoms with van der Waals surface area (Å²) in [5.74, 6) is 0. The molecule has 0 saturated heterocycles. The summed E-state index contributed by atoms with van der Waals surface area (Å²) < 4.78 is 3.50. The number of nitrogens with zero attached hydrogens (tertiary/aromatic N) is 1. The molecule has 1 nitrogen and oxygen atoms in total. The van der Waals surface area contributed by atoms with Gasteiger partial charge in [0.15, 0.2) is 0 Å². The second-order valence-corrected chi connectivity index (χ2v) is 21.3. The number of halogens is 1. The van der Waals surface area contributed by atoms with E-state index in [1.54, 1.807) is 0 Å². The van der Waals surface area contributed by atoms with Gasteiger partial charge in [-0.25, -0.2) is 0 Å². The highest BCUT2D eigenvalue weighted by atomic mass is 79.9. The smallest absolute Gasteiger partial charge is 0.0541 e. The first-order chi connectivity index (χ1) is 39.2. The van der Waals surface area contributed by atoms with E-state index in [-0.39, 0.29) is 0 Å². The van der Waals surface area contributed by atoms with Crippen LogP contribution in [-0.4, -0.2) is 4.57 Å². The molecule has 1 aliphatic carbocycles. The number of hydrogen-bond acceptors (Lipinski definition) is 0. The highest BCUT2D eigenvalue weighted by Gasteiger charge is 2.20. The van der Waals surface area contributed by atoms with Crippen LogP contribution < -0.4 is 0 Å². The van der Waals surface area contributed by atoms with Crippen molar-refractivity contribution >= 4 is 80.8 Å². The molecule has 79 heavy (non-hydrogen) atoms. The van der Waals surface area contributed by atoms with Crippen LogP contribution in [0.15, 0.2) is 308 Å². The molecule has 1 aliphatic rings. The second-order valence-electron chi connectivity index (χ2n) is 20.3. The molecule has 0 unspecified atom stereocenters. The lowest BCUT2D eigenvalue weighted by Gasteiger charge is -2.18. The van der Waals surface area contributed by atoms with Gasteiger partial charge in [-0.15, -0.1) is 0 Å². The van der Waals surface area contributed by atoms with E-state index in [1.807, 2.05) is 0 Å². The van der Waals surface area contributed by atoms with Crippen LogP contribution in [0.1, 0.15) is 11.1 Å². The minimum absolute atomic E-state index is 1.10. The topological polar surface area (TPSA) is 4.93 Å². The van der Waals surface area contributed by atoms with Gasteiger partial charge in [0.05, 0.1) is 11.0 Å². The van der Waals surface area contributed by atoms with Crippen LogP contribution in [0.2, 0.25) is 0 Å². The summed E-state index contributed by atoms with van der Waals surface area (Å²) in [5, 5.41) is 12.8. The van der Waals surface area contributed by atoms with Crippen molar-refractivity contribution in [3.8, 4) is 61.3 Å². The van der Waals surface area contributed by atoms with Crippen molar-refractivity contribution in [3.05, 3.63) is 319 Å². The summed E-state index contributed by atoms with van der Waals surface area (Å²) in [5.41, 5.74) is 19.5. The van der Waals surface area contributed by atoms with Gasteiger partial charge in [0, 0.05) is 20.9 Å². The second kappa shape index (κ2) is 20.7. The van der Waals surface area contributed by atoms with E-state index in [0.29, 0.717) is 0 Å². The van der Waals surface area contributed by atoms with Crippen molar-refractivity contribution in [3.63, 3.8) is 0 Å².